The van der Waals surface area contributed by atoms with Crippen molar-refractivity contribution in [3.05, 3.63) is 103 Å². The first-order valence-corrected chi connectivity index (χ1v) is 12.5. The molecule has 3 aromatic rings. The van der Waals surface area contributed by atoms with Gasteiger partial charge >= 0.3 is 0 Å². The number of rotatable bonds is 5. The standard InChI is InChI=1S/C25H16BrCl2N3O2S/c26-16-3-9-19(10-4-16)30-23(32)21(14-29)25-31(20-11-7-18(28)8-12-20)24(33)22(34-25)13-15-1-5-17(27)6-2-15/h1-12,22H,13H2,(H,30,32). The highest BCUT2D eigenvalue weighted by atomic mass is 79.9. The minimum absolute atomic E-state index is 0.144. The normalized spacial score (nSPS) is 16.8. The van der Waals surface area contributed by atoms with E-state index in [-0.39, 0.29) is 16.5 Å². The van der Waals surface area contributed by atoms with Crippen LogP contribution < -0.4 is 10.2 Å². The van der Waals surface area contributed by atoms with Gasteiger partial charge in [0.05, 0.1) is 5.25 Å². The molecule has 1 fully saturated rings. The van der Waals surface area contributed by atoms with Crippen molar-refractivity contribution in [1.29, 1.82) is 5.26 Å². The first-order valence-electron chi connectivity index (χ1n) is 10.1. The number of amides is 2. The molecule has 1 aliphatic rings. The molecule has 0 aliphatic carbocycles. The van der Waals surface area contributed by atoms with Gasteiger partial charge in [0.2, 0.25) is 5.91 Å². The largest absolute Gasteiger partial charge is 0.321 e. The molecule has 0 bridgehead atoms. The van der Waals surface area contributed by atoms with E-state index < -0.39 is 11.2 Å². The van der Waals surface area contributed by atoms with Gasteiger partial charge in [0.25, 0.3) is 5.91 Å². The van der Waals surface area contributed by atoms with E-state index in [2.05, 4.69) is 21.2 Å². The molecular weight excluding hydrogens is 557 g/mol. The molecule has 2 amide bonds. The Kier molecular flexibility index (Phi) is 7.64. The Labute approximate surface area is 219 Å². The minimum atomic E-state index is -0.591. The lowest BCUT2D eigenvalue weighted by atomic mass is 10.1. The van der Waals surface area contributed by atoms with Crippen LogP contribution in [0.4, 0.5) is 11.4 Å². The number of carbonyl (C=O) groups excluding carboxylic acids is 2. The molecule has 0 saturated carbocycles. The van der Waals surface area contributed by atoms with Crippen molar-refractivity contribution in [2.75, 3.05) is 10.2 Å². The van der Waals surface area contributed by atoms with Crippen molar-refractivity contribution in [1.82, 2.24) is 0 Å². The van der Waals surface area contributed by atoms with Crippen LogP contribution in [0.1, 0.15) is 5.56 Å². The number of thioether (sulfide) groups is 1. The summed E-state index contributed by atoms with van der Waals surface area (Å²) in [5, 5.41) is 13.5. The molecule has 0 spiro atoms. The summed E-state index contributed by atoms with van der Waals surface area (Å²) < 4.78 is 0.861. The number of anilines is 2. The van der Waals surface area contributed by atoms with Gasteiger partial charge < -0.3 is 5.32 Å². The zero-order valence-corrected chi connectivity index (χ0v) is 21.4. The first kappa shape index (κ1) is 24.4. The molecule has 1 unspecified atom stereocenters. The first-order chi connectivity index (χ1) is 16.4. The fourth-order valence-electron chi connectivity index (χ4n) is 3.37. The van der Waals surface area contributed by atoms with Crippen LogP contribution in [0.15, 0.2) is 87.9 Å². The highest BCUT2D eigenvalue weighted by molar-refractivity contribution is 9.10. The van der Waals surface area contributed by atoms with E-state index in [1.165, 1.54) is 16.7 Å². The third-order valence-electron chi connectivity index (χ3n) is 5.03. The van der Waals surface area contributed by atoms with Crippen molar-refractivity contribution in [3.8, 4) is 6.07 Å². The number of hydrogen-bond acceptors (Lipinski definition) is 4. The second-order valence-electron chi connectivity index (χ2n) is 7.34. The third-order valence-corrected chi connectivity index (χ3v) is 7.32. The Balaban J connectivity index is 1.71. The number of nitriles is 1. The third kappa shape index (κ3) is 5.48. The molecule has 1 aliphatic heterocycles. The van der Waals surface area contributed by atoms with Crippen molar-refractivity contribution in [3.63, 3.8) is 0 Å². The van der Waals surface area contributed by atoms with Crippen molar-refractivity contribution < 1.29 is 9.59 Å². The maximum absolute atomic E-state index is 13.5. The summed E-state index contributed by atoms with van der Waals surface area (Å²) in [5.41, 5.74) is 1.84. The van der Waals surface area contributed by atoms with Crippen LogP contribution in [-0.4, -0.2) is 17.1 Å². The molecule has 1 saturated heterocycles. The molecule has 5 nitrogen and oxygen atoms in total. The summed E-state index contributed by atoms with van der Waals surface area (Å²) in [6, 6.07) is 22.9. The zero-order chi connectivity index (χ0) is 24.2. The predicted molar refractivity (Wildman–Crippen MR) is 141 cm³/mol. The zero-order valence-electron chi connectivity index (χ0n) is 17.5. The highest BCUT2D eigenvalue weighted by Crippen LogP contribution is 2.42. The number of nitrogens with zero attached hydrogens (tertiary/aromatic N) is 2. The molecular formula is C25H16BrCl2N3O2S. The molecule has 1 atom stereocenters. The van der Waals surface area contributed by atoms with Gasteiger partial charge in [0, 0.05) is 25.9 Å². The van der Waals surface area contributed by atoms with Crippen molar-refractivity contribution in [2.24, 2.45) is 0 Å². The van der Waals surface area contributed by atoms with Gasteiger partial charge in [0.15, 0.2) is 0 Å². The molecule has 1 heterocycles. The quantitative estimate of drug-likeness (QED) is 0.269. The van der Waals surface area contributed by atoms with Gasteiger partial charge in [-0.2, -0.15) is 5.26 Å². The fraction of sp³-hybridized carbons (Fsp3) is 0.0800. The average molecular weight is 573 g/mol. The second kappa shape index (κ2) is 10.7. The predicted octanol–water partition coefficient (Wildman–Crippen LogP) is 6.82. The van der Waals surface area contributed by atoms with Crippen molar-refractivity contribution >= 4 is 74.1 Å². The smallest absolute Gasteiger partial charge is 0.269 e. The second-order valence-corrected chi connectivity index (χ2v) is 10.3. The van der Waals surface area contributed by atoms with Crippen LogP contribution in [-0.2, 0) is 16.0 Å². The summed E-state index contributed by atoms with van der Waals surface area (Å²) in [7, 11) is 0. The topological polar surface area (TPSA) is 73.2 Å². The fourth-order valence-corrected chi connectivity index (χ4v) is 5.20. The summed E-state index contributed by atoms with van der Waals surface area (Å²) in [5.74, 6) is -0.812. The van der Waals surface area contributed by atoms with E-state index in [4.69, 9.17) is 23.2 Å². The Morgan fingerprint density at radius 3 is 2.18 bits per heavy atom. The Morgan fingerprint density at radius 2 is 1.59 bits per heavy atom. The van der Waals surface area contributed by atoms with Gasteiger partial charge in [-0.3, -0.25) is 14.5 Å². The lowest BCUT2D eigenvalue weighted by Gasteiger charge is -2.19. The average Bonchev–Trinajstić information content (AvgIpc) is 3.13. The summed E-state index contributed by atoms with van der Waals surface area (Å²) in [6.45, 7) is 0. The molecule has 3 aromatic carbocycles. The summed E-state index contributed by atoms with van der Waals surface area (Å²) in [6.07, 6.45) is 0.418. The monoisotopic (exact) mass is 571 g/mol. The van der Waals surface area contributed by atoms with Crippen LogP contribution >= 0.6 is 50.9 Å². The van der Waals surface area contributed by atoms with Gasteiger partial charge in [-0.15, -0.1) is 0 Å². The Hall–Kier alpha value is -2.76. The van der Waals surface area contributed by atoms with Gasteiger partial charge in [0.1, 0.15) is 16.7 Å². The number of hydrogen-bond donors (Lipinski definition) is 1. The van der Waals surface area contributed by atoms with Gasteiger partial charge in [-0.25, -0.2) is 0 Å². The maximum Gasteiger partial charge on any atom is 0.269 e. The minimum Gasteiger partial charge on any atom is -0.321 e. The van der Waals surface area contributed by atoms with E-state index in [9.17, 15) is 14.9 Å². The number of halogens is 3. The molecule has 34 heavy (non-hydrogen) atoms. The van der Waals surface area contributed by atoms with E-state index in [1.807, 2.05) is 18.2 Å². The molecule has 4 rings (SSSR count). The van der Waals surface area contributed by atoms with E-state index in [0.29, 0.717) is 27.8 Å². The van der Waals surface area contributed by atoms with Gasteiger partial charge in [-0.1, -0.05) is 63.0 Å². The lowest BCUT2D eigenvalue weighted by molar-refractivity contribution is -0.117. The van der Waals surface area contributed by atoms with Gasteiger partial charge in [-0.05, 0) is 72.6 Å². The summed E-state index contributed by atoms with van der Waals surface area (Å²) in [4.78, 5) is 28.0. The Morgan fingerprint density at radius 1 is 1.00 bits per heavy atom. The van der Waals surface area contributed by atoms with Crippen LogP contribution in [0.25, 0.3) is 0 Å². The van der Waals surface area contributed by atoms with Crippen molar-refractivity contribution in [2.45, 2.75) is 11.7 Å². The lowest BCUT2D eigenvalue weighted by Crippen LogP contribution is -2.30. The van der Waals surface area contributed by atoms with E-state index in [1.54, 1.807) is 60.7 Å². The Bertz CT molecular complexity index is 1300. The molecule has 170 valence electrons. The summed E-state index contributed by atoms with van der Waals surface area (Å²) >= 11 is 16.6. The molecule has 0 radical (unpaired) electrons. The number of nitrogens with one attached hydrogen (secondary N) is 1. The van der Waals surface area contributed by atoms with E-state index >= 15 is 0 Å². The number of carbonyl (C=O) groups is 2. The molecule has 0 aromatic heterocycles. The van der Waals surface area contributed by atoms with Crippen LogP contribution in [0.5, 0.6) is 0 Å². The van der Waals surface area contributed by atoms with Crippen LogP contribution in [0.3, 0.4) is 0 Å². The van der Waals surface area contributed by atoms with E-state index in [0.717, 1.165) is 10.0 Å². The maximum atomic E-state index is 13.5. The number of benzene rings is 3. The SMILES string of the molecule is N#CC(C(=O)Nc1ccc(Br)cc1)=C1SC(Cc2ccc(Cl)cc2)C(=O)N1c1ccc(Cl)cc1. The van der Waals surface area contributed by atoms with Crippen LogP contribution in [0.2, 0.25) is 10.0 Å². The molecule has 1 N–H and O–H groups in total. The highest BCUT2D eigenvalue weighted by Gasteiger charge is 2.40. The molecule has 9 heteroatoms. The van der Waals surface area contributed by atoms with Crippen LogP contribution in [0, 0.1) is 11.3 Å².